The van der Waals surface area contributed by atoms with E-state index in [9.17, 15) is 4.79 Å². The predicted molar refractivity (Wildman–Crippen MR) is 83.4 cm³/mol. The number of thiazole rings is 1. The minimum absolute atomic E-state index is 0.117. The Balaban J connectivity index is 2.42. The molecule has 0 saturated heterocycles. The predicted octanol–water partition coefficient (Wildman–Crippen LogP) is 3.01. The molecule has 2 heterocycles. The summed E-state index contributed by atoms with van der Waals surface area (Å²) in [6.45, 7) is 10.3. The van der Waals surface area contributed by atoms with Gasteiger partial charge in [-0.05, 0) is 19.9 Å². The highest BCUT2D eigenvalue weighted by Gasteiger charge is 2.19. The number of hydrogen-bond acceptors (Lipinski definition) is 5. The van der Waals surface area contributed by atoms with Crippen LogP contribution in [0.4, 0.5) is 5.13 Å². The maximum Gasteiger partial charge on any atom is 0.273 e. The molecular weight excluding hydrogens is 272 g/mol. The SMILES string of the molecule is CC(C)Nc1nc(-c2cc(C(C)(C)C)n[nH]c2=O)cs1. The number of nitrogens with zero attached hydrogens (tertiary/aromatic N) is 2. The van der Waals surface area contributed by atoms with E-state index in [1.165, 1.54) is 11.3 Å². The molecule has 0 aliphatic heterocycles. The first kappa shape index (κ1) is 14.7. The number of aromatic amines is 1. The van der Waals surface area contributed by atoms with E-state index in [-0.39, 0.29) is 11.0 Å². The third-order valence-corrected chi connectivity index (χ3v) is 3.54. The van der Waals surface area contributed by atoms with Crippen LogP contribution in [0.1, 0.15) is 40.3 Å². The summed E-state index contributed by atoms with van der Waals surface area (Å²) in [6, 6.07) is 2.14. The van der Waals surface area contributed by atoms with E-state index in [4.69, 9.17) is 0 Å². The lowest BCUT2D eigenvalue weighted by Gasteiger charge is -2.17. The highest BCUT2D eigenvalue weighted by Crippen LogP contribution is 2.26. The first-order valence-electron chi connectivity index (χ1n) is 6.60. The molecule has 0 unspecified atom stereocenters. The third kappa shape index (κ3) is 3.25. The summed E-state index contributed by atoms with van der Waals surface area (Å²) in [5.41, 5.74) is 1.77. The molecule has 0 aliphatic rings. The van der Waals surface area contributed by atoms with E-state index >= 15 is 0 Å². The summed E-state index contributed by atoms with van der Waals surface area (Å²) in [4.78, 5) is 16.4. The van der Waals surface area contributed by atoms with Crippen molar-refractivity contribution >= 4 is 16.5 Å². The molecule has 0 radical (unpaired) electrons. The molecule has 20 heavy (non-hydrogen) atoms. The molecule has 2 N–H and O–H groups in total. The van der Waals surface area contributed by atoms with Crippen molar-refractivity contribution in [2.75, 3.05) is 5.32 Å². The van der Waals surface area contributed by atoms with Crippen molar-refractivity contribution < 1.29 is 0 Å². The molecule has 2 aromatic heterocycles. The van der Waals surface area contributed by atoms with Crippen LogP contribution in [-0.4, -0.2) is 21.2 Å². The number of anilines is 1. The monoisotopic (exact) mass is 292 g/mol. The molecule has 0 bridgehead atoms. The van der Waals surface area contributed by atoms with Crippen molar-refractivity contribution in [3.8, 4) is 11.3 Å². The molecule has 6 heteroatoms. The Bertz CT molecular complexity index is 652. The lowest BCUT2D eigenvalue weighted by atomic mass is 9.91. The maximum atomic E-state index is 12.0. The van der Waals surface area contributed by atoms with Crippen LogP contribution >= 0.6 is 11.3 Å². The Morgan fingerprint density at radius 1 is 1.35 bits per heavy atom. The molecule has 0 atom stereocenters. The van der Waals surface area contributed by atoms with Crippen molar-refractivity contribution in [2.24, 2.45) is 0 Å². The van der Waals surface area contributed by atoms with Gasteiger partial charge in [-0.25, -0.2) is 10.1 Å². The number of H-pyrrole nitrogens is 1. The van der Waals surface area contributed by atoms with Crippen molar-refractivity contribution in [3.63, 3.8) is 0 Å². The third-order valence-electron chi connectivity index (χ3n) is 2.76. The van der Waals surface area contributed by atoms with Gasteiger partial charge in [0.25, 0.3) is 5.56 Å². The number of hydrogen-bond donors (Lipinski definition) is 2. The zero-order valence-corrected chi connectivity index (χ0v) is 13.3. The molecule has 2 rings (SSSR count). The van der Waals surface area contributed by atoms with E-state index in [0.29, 0.717) is 17.3 Å². The van der Waals surface area contributed by atoms with Gasteiger partial charge in [0.2, 0.25) is 0 Å². The van der Waals surface area contributed by atoms with Crippen LogP contribution in [0.25, 0.3) is 11.3 Å². The second-order valence-corrected chi connectivity index (χ2v) is 6.94. The summed E-state index contributed by atoms with van der Waals surface area (Å²) in [5.74, 6) is 0. The summed E-state index contributed by atoms with van der Waals surface area (Å²) >= 11 is 1.50. The Labute approximate surface area is 122 Å². The van der Waals surface area contributed by atoms with Gasteiger partial charge in [-0.3, -0.25) is 4.79 Å². The Kier molecular flexibility index (Phi) is 3.94. The topological polar surface area (TPSA) is 70.7 Å². The molecule has 0 amide bonds. The van der Waals surface area contributed by atoms with Gasteiger partial charge >= 0.3 is 0 Å². The van der Waals surface area contributed by atoms with E-state index < -0.39 is 0 Å². The van der Waals surface area contributed by atoms with E-state index in [2.05, 4.69) is 55.1 Å². The van der Waals surface area contributed by atoms with Gasteiger partial charge in [-0.2, -0.15) is 5.10 Å². The highest BCUT2D eigenvalue weighted by atomic mass is 32.1. The molecule has 0 spiro atoms. The second kappa shape index (κ2) is 5.36. The minimum Gasteiger partial charge on any atom is -0.359 e. The fourth-order valence-electron chi connectivity index (χ4n) is 1.69. The zero-order chi connectivity index (χ0) is 14.9. The second-order valence-electron chi connectivity index (χ2n) is 6.08. The standard InChI is InChI=1S/C14H20N4OS/c1-8(2)15-13-16-10(7-20-13)9-6-11(14(3,4)5)17-18-12(9)19/h6-8H,1-5H3,(H,15,16)(H,18,19). The van der Waals surface area contributed by atoms with Gasteiger partial charge in [0.15, 0.2) is 5.13 Å². The lowest BCUT2D eigenvalue weighted by molar-refractivity contribution is 0.557. The summed E-state index contributed by atoms with van der Waals surface area (Å²) in [7, 11) is 0. The summed E-state index contributed by atoms with van der Waals surface area (Å²) in [6.07, 6.45) is 0. The maximum absolute atomic E-state index is 12.0. The van der Waals surface area contributed by atoms with Crippen molar-refractivity contribution in [1.82, 2.24) is 15.2 Å². The summed E-state index contributed by atoms with van der Waals surface area (Å²) < 4.78 is 0. The lowest BCUT2D eigenvalue weighted by Crippen LogP contribution is -2.20. The van der Waals surface area contributed by atoms with Crippen LogP contribution in [0.5, 0.6) is 0 Å². The van der Waals surface area contributed by atoms with E-state index in [1.54, 1.807) is 0 Å². The van der Waals surface area contributed by atoms with Crippen molar-refractivity contribution in [3.05, 3.63) is 27.5 Å². The van der Waals surface area contributed by atoms with Gasteiger partial charge in [0, 0.05) is 16.8 Å². The summed E-state index contributed by atoms with van der Waals surface area (Å²) in [5, 5.41) is 12.6. The van der Waals surface area contributed by atoms with Gasteiger partial charge in [0.1, 0.15) is 0 Å². The molecule has 2 aromatic rings. The van der Waals surface area contributed by atoms with E-state index in [1.807, 2.05) is 11.4 Å². The zero-order valence-electron chi connectivity index (χ0n) is 12.4. The first-order chi connectivity index (χ1) is 9.27. The molecule has 108 valence electrons. The van der Waals surface area contributed by atoms with Crippen LogP contribution in [0.15, 0.2) is 16.2 Å². The molecule has 0 saturated carbocycles. The first-order valence-corrected chi connectivity index (χ1v) is 7.48. The van der Waals surface area contributed by atoms with Crippen LogP contribution in [0, 0.1) is 0 Å². The molecule has 0 fully saturated rings. The van der Waals surface area contributed by atoms with E-state index in [0.717, 1.165) is 10.8 Å². The highest BCUT2D eigenvalue weighted by molar-refractivity contribution is 7.14. The smallest absolute Gasteiger partial charge is 0.273 e. The number of rotatable bonds is 3. The van der Waals surface area contributed by atoms with Gasteiger partial charge in [-0.1, -0.05) is 20.8 Å². The van der Waals surface area contributed by atoms with Crippen LogP contribution in [-0.2, 0) is 5.41 Å². The van der Waals surface area contributed by atoms with Gasteiger partial charge in [0.05, 0.1) is 17.0 Å². The Hall–Kier alpha value is -1.69. The quantitative estimate of drug-likeness (QED) is 0.912. The number of nitrogens with one attached hydrogen (secondary N) is 2. The largest absolute Gasteiger partial charge is 0.359 e. The van der Waals surface area contributed by atoms with Crippen molar-refractivity contribution in [1.29, 1.82) is 0 Å². The molecule has 0 aromatic carbocycles. The van der Waals surface area contributed by atoms with Crippen molar-refractivity contribution in [2.45, 2.75) is 46.1 Å². The average Bonchev–Trinajstić information content (AvgIpc) is 2.75. The normalized spacial score (nSPS) is 11.9. The fourth-order valence-corrected chi connectivity index (χ4v) is 2.55. The van der Waals surface area contributed by atoms with Gasteiger partial charge in [-0.15, -0.1) is 11.3 Å². The Morgan fingerprint density at radius 2 is 2.05 bits per heavy atom. The molecular formula is C14H20N4OS. The fraction of sp³-hybridized carbons (Fsp3) is 0.500. The van der Waals surface area contributed by atoms with Gasteiger partial charge < -0.3 is 5.32 Å². The Morgan fingerprint density at radius 3 is 2.65 bits per heavy atom. The average molecular weight is 292 g/mol. The minimum atomic E-state index is -0.209. The molecule has 0 aliphatic carbocycles. The number of aromatic nitrogens is 3. The molecule has 5 nitrogen and oxygen atoms in total. The van der Waals surface area contributed by atoms with Crippen LogP contribution in [0.2, 0.25) is 0 Å². The van der Waals surface area contributed by atoms with Crippen LogP contribution < -0.4 is 10.9 Å². The van der Waals surface area contributed by atoms with Crippen LogP contribution in [0.3, 0.4) is 0 Å².